The number of rotatable bonds is 8. The fourth-order valence-corrected chi connectivity index (χ4v) is 3.50. The lowest BCUT2D eigenvalue weighted by atomic mass is 10.2. The van der Waals surface area contributed by atoms with Crippen LogP contribution >= 0.6 is 27.5 Å². The number of ether oxygens (including phenoxy) is 2. The summed E-state index contributed by atoms with van der Waals surface area (Å²) in [5.74, 6) is 1.05. The number of hydrogen-bond donors (Lipinski definition) is 1. The van der Waals surface area contributed by atoms with Gasteiger partial charge in [-0.3, -0.25) is 0 Å². The molecule has 0 bridgehead atoms. The van der Waals surface area contributed by atoms with E-state index in [2.05, 4.69) is 21.2 Å². The molecule has 3 rings (SSSR count). The topological polar surface area (TPSA) is 30.5 Å². The van der Waals surface area contributed by atoms with E-state index in [1.165, 1.54) is 12.1 Å². The molecule has 0 heterocycles. The van der Waals surface area contributed by atoms with E-state index in [-0.39, 0.29) is 5.82 Å². The SMILES string of the molecule is CCOc1cc(CNc2ccc(F)cc2)cc(Br)c1OCc1cccc(Cl)c1. The first-order valence-electron chi connectivity index (χ1n) is 8.87. The summed E-state index contributed by atoms with van der Waals surface area (Å²) in [6.07, 6.45) is 0. The average Bonchev–Trinajstić information content (AvgIpc) is 2.67. The van der Waals surface area contributed by atoms with Gasteiger partial charge in [-0.2, -0.15) is 0 Å². The van der Waals surface area contributed by atoms with Crippen LogP contribution in [0.15, 0.2) is 65.1 Å². The lowest BCUT2D eigenvalue weighted by molar-refractivity contribution is 0.267. The number of benzene rings is 3. The van der Waals surface area contributed by atoms with E-state index in [4.69, 9.17) is 21.1 Å². The summed E-state index contributed by atoms with van der Waals surface area (Å²) in [6, 6.07) is 17.7. The summed E-state index contributed by atoms with van der Waals surface area (Å²) in [5.41, 5.74) is 2.83. The van der Waals surface area contributed by atoms with Gasteiger partial charge in [0.05, 0.1) is 11.1 Å². The van der Waals surface area contributed by atoms with Crippen LogP contribution in [0.3, 0.4) is 0 Å². The van der Waals surface area contributed by atoms with Crippen LogP contribution in [0.25, 0.3) is 0 Å². The van der Waals surface area contributed by atoms with Crippen molar-refractivity contribution in [1.29, 1.82) is 0 Å². The highest BCUT2D eigenvalue weighted by atomic mass is 79.9. The molecule has 0 fully saturated rings. The van der Waals surface area contributed by atoms with Crippen molar-refractivity contribution >= 4 is 33.2 Å². The first kappa shape index (κ1) is 20.5. The summed E-state index contributed by atoms with van der Waals surface area (Å²) >= 11 is 9.62. The van der Waals surface area contributed by atoms with Crippen LogP contribution in [0.5, 0.6) is 11.5 Å². The van der Waals surface area contributed by atoms with E-state index >= 15 is 0 Å². The van der Waals surface area contributed by atoms with Gasteiger partial charge in [-0.25, -0.2) is 4.39 Å². The van der Waals surface area contributed by atoms with Crippen LogP contribution < -0.4 is 14.8 Å². The van der Waals surface area contributed by atoms with Crippen LogP contribution in [-0.2, 0) is 13.2 Å². The molecule has 0 aliphatic heterocycles. The Balaban J connectivity index is 1.74. The van der Waals surface area contributed by atoms with Crippen LogP contribution in [0.1, 0.15) is 18.1 Å². The second kappa shape index (κ2) is 9.80. The molecule has 146 valence electrons. The zero-order valence-electron chi connectivity index (χ0n) is 15.3. The van der Waals surface area contributed by atoms with Crippen LogP contribution in [0.2, 0.25) is 5.02 Å². The third-order valence-corrected chi connectivity index (χ3v) is 4.81. The molecule has 28 heavy (non-hydrogen) atoms. The van der Waals surface area contributed by atoms with Crippen LogP contribution in [0.4, 0.5) is 10.1 Å². The predicted octanol–water partition coefficient (Wildman–Crippen LogP) is 6.83. The highest BCUT2D eigenvalue weighted by Crippen LogP contribution is 2.37. The second-order valence-corrected chi connectivity index (χ2v) is 7.41. The highest BCUT2D eigenvalue weighted by Gasteiger charge is 2.13. The number of halogens is 3. The molecule has 0 saturated heterocycles. The van der Waals surface area contributed by atoms with Crippen molar-refractivity contribution in [2.45, 2.75) is 20.1 Å². The molecule has 0 saturated carbocycles. The Labute approximate surface area is 177 Å². The maximum Gasteiger partial charge on any atom is 0.175 e. The smallest absolute Gasteiger partial charge is 0.175 e. The van der Waals surface area contributed by atoms with Gasteiger partial charge in [-0.05, 0) is 82.5 Å². The summed E-state index contributed by atoms with van der Waals surface area (Å²) in [6.45, 7) is 3.40. The van der Waals surface area contributed by atoms with Gasteiger partial charge >= 0.3 is 0 Å². The zero-order valence-corrected chi connectivity index (χ0v) is 17.7. The van der Waals surface area contributed by atoms with Crippen LogP contribution in [0, 0.1) is 5.82 Å². The number of hydrogen-bond acceptors (Lipinski definition) is 3. The van der Waals surface area contributed by atoms with Gasteiger partial charge in [0.2, 0.25) is 0 Å². The van der Waals surface area contributed by atoms with Crippen molar-refractivity contribution in [3.05, 3.63) is 87.1 Å². The van der Waals surface area contributed by atoms with Crippen molar-refractivity contribution in [2.24, 2.45) is 0 Å². The molecule has 0 spiro atoms. The number of nitrogens with one attached hydrogen (secondary N) is 1. The normalized spacial score (nSPS) is 10.6. The second-order valence-electron chi connectivity index (χ2n) is 6.12. The summed E-state index contributed by atoms with van der Waals surface area (Å²) < 4.78 is 25.6. The molecule has 0 aliphatic carbocycles. The van der Waals surface area contributed by atoms with Crippen molar-refractivity contribution in [3.63, 3.8) is 0 Å². The highest BCUT2D eigenvalue weighted by molar-refractivity contribution is 9.10. The van der Waals surface area contributed by atoms with Crippen molar-refractivity contribution in [3.8, 4) is 11.5 Å². The third kappa shape index (κ3) is 5.63. The molecule has 1 N–H and O–H groups in total. The van der Waals surface area contributed by atoms with Crippen LogP contribution in [-0.4, -0.2) is 6.61 Å². The average molecular weight is 465 g/mol. The van der Waals surface area contributed by atoms with Crippen molar-refractivity contribution < 1.29 is 13.9 Å². The fraction of sp³-hybridized carbons (Fsp3) is 0.182. The first-order chi connectivity index (χ1) is 13.5. The molecule has 0 amide bonds. The molecule has 0 aliphatic rings. The maximum absolute atomic E-state index is 13.0. The lowest BCUT2D eigenvalue weighted by Crippen LogP contribution is -2.04. The number of anilines is 1. The van der Waals surface area contributed by atoms with Gasteiger partial charge in [0.1, 0.15) is 12.4 Å². The molecular formula is C22H20BrClFNO2. The minimum absolute atomic E-state index is 0.256. The van der Waals surface area contributed by atoms with E-state index in [0.717, 1.165) is 21.3 Å². The monoisotopic (exact) mass is 463 g/mol. The minimum Gasteiger partial charge on any atom is -0.490 e. The summed E-state index contributed by atoms with van der Waals surface area (Å²) in [7, 11) is 0. The van der Waals surface area contributed by atoms with Gasteiger partial charge in [-0.15, -0.1) is 0 Å². The zero-order chi connectivity index (χ0) is 19.9. The predicted molar refractivity (Wildman–Crippen MR) is 115 cm³/mol. The van der Waals surface area contributed by atoms with Gasteiger partial charge in [0.25, 0.3) is 0 Å². The molecule has 3 nitrogen and oxygen atoms in total. The van der Waals surface area contributed by atoms with E-state index in [1.807, 2.05) is 43.3 Å². The molecule has 0 radical (unpaired) electrons. The Hall–Kier alpha value is -2.24. The van der Waals surface area contributed by atoms with Gasteiger partial charge in [-0.1, -0.05) is 23.7 Å². The van der Waals surface area contributed by atoms with Gasteiger partial charge in [0, 0.05) is 17.3 Å². The van der Waals surface area contributed by atoms with E-state index < -0.39 is 0 Å². The molecule has 3 aromatic rings. The minimum atomic E-state index is -0.256. The fourth-order valence-electron chi connectivity index (χ4n) is 2.68. The molecule has 0 aromatic heterocycles. The Morgan fingerprint density at radius 2 is 1.79 bits per heavy atom. The molecular weight excluding hydrogens is 445 g/mol. The largest absolute Gasteiger partial charge is 0.490 e. The quantitative estimate of drug-likeness (QED) is 0.396. The van der Waals surface area contributed by atoms with Gasteiger partial charge in [0.15, 0.2) is 11.5 Å². The van der Waals surface area contributed by atoms with E-state index in [0.29, 0.717) is 36.3 Å². The lowest BCUT2D eigenvalue weighted by Gasteiger charge is -2.16. The Kier molecular flexibility index (Phi) is 7.18. The molecule has 0 unspecified atom stereocenters. The van der Waals surface area contributed by atoms with E-state index in [1.54, 1.807) is 12.1 Å². The summed E-state index contributed by atoms with van der Waals surface area (Å²) in [4.78, 5) is 0. The van der Waals surface area contributed by atoms with E-state index in [9.17, 15) is 4.39 Å². The standard InChI is InChI=1S/C22H20BrClFNO2/c1-2-27-21-12-16(13-26-19-8-6-18(25)7-9-19)11-20(23)22(21)28-14-15-4-3-5-17(24)10-15/h3-12,26H,2,13-14H2,1H3. The maximum atomic E-state index is 13.0. The molecule has 6 heteroatoms. The van der Waals surface area contributed by atoms with Crippen molar-refractivity contribution in [1.82, 2.24) is 0 Å². The third-order valence-electron chi connectivity index (χ3n) is 3.98. The molecule has 3 aromatic carbocycles. The van der Waals surface area contributed by atoms with Gasteiger partial charge < -0.3 is 14.8 Å². The Morgan fingerprint density at radius 3 is 2.50 bits per heavy atom. The Morgan fingerprint density at radius 1 is 1.00 bits per heavy atom. The molecule has 0 atom stereocenters. The van der Waals surface area contributed by atoms with Crippen molar-refractivity contribution in [2.75, 3.05) is 11.9 Å². The first-order valence-corrected chi connectivity index (χ1v) is 10.0. The summed E-state index contributed by atoms with van der Waals surface area (Å²) in [5, 5.41) is 3.94. The Bertz CT molecular complexity index is 934.